The second kappa shape index (κ2) is 9.37. The zero-order valence-corrected chi connectivity index (χ0v) is 18.8. The maximum atomic E-state index is 13.4. The number of amides is 1. The Morgan fingerprint density at radius 1 is 1.10 bits per heavy atom. The number of hydrogen-bond acceptors (Lipinski definition) is 5. The van der Waals surface area contributed by atoms with E-state index in [1.165, 1.54) is 0 Å². The van der Waals surface area contributed by atoms with E-state index in [2.05, 4.69) is 4.98 Å². The monoisotopic (exact) mass is 426 g/mol. The number of ketones is 1. The zero-order chi connectivity index (χ0) is 22.7. The number of piperidine rings is 1. The average molecular weight is 427 g/mol. The van der Waals surface area contributed by atoms with E-state index >= 15 is 0 Å². The lowest BCUT2D eigenvalue weighted by Crippen LogP contribution is -2.50. The summed E-state index contributed by atoms with van der Waals surface area (Å²) in [5.41, 5.74) is 1.88. The van der Waals surface area contributed by atoms with Crippen LogP contribution in [-0.2, 0) is 9.53 Å². The highest BCUT2D eigenvalue weighted by Crippen LogP contribution is 2.33. The summed E-state index contributed by atoms with van der Waals surface area (Å²) in [7, 11) is 1.56. The molecular weight excluding hydrogens is 396 g/mol. The fourth-order valence-electron chi connectivity index (χ4n) is 4.35. The van der Waals surface area contributed by atoms with Crippen molar-refractivity contribution in [1.29, 1.82) is 0 Å². The number of carbonyl (C=O) groups is 3. The number of aromatic nitrogens is 1. The van der Waals surface area contributed by atoms with Gasteiger partial charge in [-0.05, 0) is 64.7 Å². The van der Waals surface area contributed by atoms with Gasteiger partial charge >= 0.3 is 5.97 Å². The van der Waals surface area contributed by atoms with Gasteiger partial charge in [0, 0.05) is 23.3 Å². The van der Waals surface area contributed by atoms with E-state index in [0.717, 1.165) is 19.3 Å². The van der Waals surface area contributed by atoms with Crippen LogP contribution in [0.3, 0.4) is 0 Å². The number of Topliss-reactive ketones (excluding diaryl/α,β-unsaturated/α-hetero) is 1. The first-order valence-corrected chi connectivity index (χ1v) is 10.7. The summed E-state index contributed by atoms with van der Waals surface area (Å²) in [5.74, 6) is -1.09. The molecule has 7 heteroatoms. The number of H-pyrrole nitrogens is 1. The molecule has 0 radical (unpaired) electrons. The smallest absolute Gasteiger partial charge is 0.340 e. The first-order valence-electron chi connectivity index (χ1n) is 10.7. The van der Waals surface area contributed by atoms with E-state index in [1.54, 1.807) is 50.1 Å². The molecule has 31 heavy (non-hydrogen) atoms. The van der Waals surface area contributed by atoms with Crippen molar-refractivity contribution in [1.82, 2.24) is 9.88 Å². The summed E-state index contributed by atoms with van der Waals surface area (Å²) < 4.78 is 10.4. The molecule has 1 aliphatic heterocycles. The van der Waals surface area contributed by atoms with Gasteiger partial charge in [-0.15, -0.1) is 0 Å². The second-order valence-corrected chi connectivity index (χ2v) is 7.99. The highest BCUT2D eigenvalue weighted by molar-refractivity contribution is 6.44. The van der Waals surface area contributed by atoms with Gasteiger partial charge in [0.2, 0.25) is 0 Å². The molecule has 0 spiro atoms. The topological polar surface area (TPSA) is 88.7 Å². The lowest BCUT2D eigenvalue weighted by Gasteiger charge is -2.38. The molecule has 1 N–H and O–H groups in total. The van der Waals surface area contributed by atoms with E-state index in [0.29, 0.717) is 22.6 Å². The molecule has 0 unspecified atom stereocenters. The molecule has 2 atom stereocenters. The first-order chi connectivity index (χ1) is 14.8. The van der Waals surface area contributed by atoms with Crippen molar-refractivity contribution in [2.75, 3.05) is 13.7 Å². The minimum atomic E-state index is -0.648. The van der Waals surface area contributed by atoms with Crippen LogP contribution in [0.5, 0.6) is 5.75 Å². The van der Waals surface area contributed by atoms with Crippen LogP contribution in [0.25, 0.3) is 11.1 Å². The van der Waals surface area contributed by atoms with Crippen molar-refractivity contribution < 1.29 is 23.9 Å². The summed E-state index contributed by atoms with van der Waals surface area (Å²) in [5, 5.41) is 0. The number of rotatable bonds is 6. The van der Waals surface area contributed by atoms with E-state index in [4.69, 9.17) is 9.47 Å². The Morgan fingerprint density at radius 2 is 1.71 bits per heavy atom. The van der Waals surface area contributed by atoms with Gasteiger partial charge in [0.15, 0.2) is 0 Å². The van der Waals surface area contributed by atoms with Crippen molar-refractivity contribution in [3.05, 3.63) is 41.2 Å². The van der Waals surface area contributed by atoms with Crippen LogP contribution in [0.15, 0.2) is 24.3 Å². The molecular formula is C24H30N2O5. The Labute approximate surface area is 182 Å². The van der Waals surface area contributed by atoms with Crippen molar-refractivity contribution in [3.63, 3.8) is 0 Å². The van der Waals surface area contributed by atoms with Gasteiger partial charge in [0.1, 0.15) is 11.4 Å². The fraction of sp³-hybridized carbons (Fsp3) is 0.458. The Kier molecular flexibility index (Phi) is 6.83. The van der Waals surface area contributed by atoms with Crippen LogP contribution in [0.4, 0.5) is 0 Å². The molecule has 7 nitrogen and oxygen atoms in total. The molecule has 3 rings (SSSR count). The van der Waals surface area contributed by atoms with Gasteiger partial charge in [-0.25, -0.2) is 4.79 Å². The lowest BCUT2D eigenvalue weighted by molar-refractivity contribution is -0.132. The molecule has 2 aromatic rings. The average Bonchev–Trinajstić information content (AvgIpc) is 3.10. The summed E-state index contributed by atoms with van der Waals surface area (Å²) in [6, 6.07) is 7.00. The number of likely N-dealkylation sites (tertiary alicyclic amines) is 1. The minimum absolute atomic E-state index is 0.00905. The number of ether oxygens (including phenoxy) is 2. The van der Waals surface area contributed by atoms with Gasteiger partial charge < -0.3 is 19.4 Å². The van der Waals surface area contributed by atoms with Crippen LogP contribution in [0.2, 0.25) is 0 Å². The van der Waals surface area contributed by atoms with Gasteiger partial charge in [-0.2, -0.15) is 0 Å². The molecule has 166 valence electrons. The second-order valence-electron chi connectivity index (χ2n) is 7.99. The Balaban J connectivity index is 2.10. The quantitative estimate of drug-likeness (QED) is 0.426. The van der Waals surface area contributed by atoms with E-state index in [1.807, 2.05) is 13.8 Å². The predicted molar refractivity (Wildman–Crippen MR) is 117 cm³/mol. The van der Waals surface area contributed by atoms with Crippen LogP contribution >= 0.6 is 0 Å². The maximum Gasteiger partial charge on any atom is 0.340 e. The standard InChI is InChI=1S/C24H30N2O5/c1-6-31-24(29)19-16(4)25-21(20(19)17-10-12-18(30-5)13-11-17)22(27)23(28)26-14(2)8-7-9-15(26)3/h10-15,25H,6-9H2,1-5H3/t14-,15-/m1/s1. The normalized spacial score (nSPS) is 18.5. The highest BCUT2D eigenvalue weighted by atomic mass is 16.5. The van der Waals surface area contributed by atoms with Gasteiger partial charge in [0.05, 0.1) is 19.3 Å². The number of methoxy groups -OCH3 is 1. The number of aromatic amines is 1. The van der Waals surface area contributed by atoms with Crippen molar-refractivity contribution in [2.45, 2.75) is 59.0 Å². The molecule has 0 aliphatic carbocycles. The molecule has 1 amide bonds. The molecule has 1 aromatic carbocycles. The molecule has 0 bridgehead atoms. The van der Waals surface area contributed by atoms with Crippen LogP contribution < -0.4 is 4.74 Å². The van der Waals surface area contributed by atoms with Gasteiger partial charge in [0.25, 0.3) is 11.7 Å². The van der Waals surface area contributed by atoms with Crippen molar-refractivity contribution >= 4 is 17.7 Å². The third-order valence-electron chi connectivity index (χ3n) is 5.90. The molecule has 1 fully saturated rings. The number of nitrogens with one attached hydrogen (secondary N) is 1. The zero-order valence-electron chi connectivity index (χ0n) is 18.8. The lowest BCUT2D eigenvalue weighted by atomic mass is 9.95. The van der Waals surface area contributed by atoms with Crippen LogP contribution in [0, 0.1) is 6.92 Å². The Hall–Kier alpha value is -3.09. The van der Waals surface area contributed by atoms with Crippen LogP contribution in [-0.4, -0.2) is 53.3 Å². The molecule has 2 heterocycles. The molecule has 1 aliphatic rings. The number of hydrogen-bond donors (Lipinski definition) is 1. The minimum Gasteiger partial charge on any atom is -0.497 e. The summed E-state index contributed by atoms with van der Waals surface area (Å²) >= 11 is 0. The van der Waals surface area contributed by atoms with Gasteiger partial charge in [-0.1, -0.05) is 12.1 Å². The third kappa shape index (κ3) is 4.36. The molecule has 1 saturated heterocycles. The predicted octanol–water partition coefficient (Wildman–Crippen LogP) is 4.15. The third-order valence-corrected chi connectivity index (χ3v) is 5.90. The molecule has 0 saturated carbocycles. The van der Waals surface area contributed by atoms with Crippen molar-refractivity contribution in [2.24, 2.45) is 0 Å². The highest BCUT2D eigenvalue weighted by Gasteiger charge is 2.36. The number of benzene rings is 1. The number of nitrogens with zero attached hydrogens (tertiary/aromatic N) is 1. The largest absolute Gasteiger partial charge is 0.497 e. The summed E-state index contributed by atoms with van der Waals surface area (Å²) in [6.07, 6.45) is 2.77. The van der Waals surface area contributed by atoms with E-state index in [9.17, 15) is 14.4 Å². The van der Waals surface area contributed by atoms with Crippen molar-refractivity contribution in [3.8, 4) is 16.9 Å². The number of esters is 1. The van der Waals surface area contributed by atoms with Gasteiger partial charge in [-0.3, -0.25) is 9.59 Å². The summed E-state index contributed by atoms with van der Waals surface area (Å²) in [4.78, 5) is 44.0. The van der Waals surface area contributed by atoms with Crippen LogP contribution in [0.1, 0.15) is 66.6 Å². The molecule has 1 aromatic heterocycles. The Bertz CT molecular complexity index is 967. The first kappa shape index (κ1) is 22.6. The number of carbonyl (C=O) groups excluding carboxylic acids is 3. The summed E-state index contributed by atoms with van der Waals surface area (Å²) in [6.45, 7) is 7.56. The number of aryl methyl sites for hydroxylation is 1. The fourth-order valence-corrected chi connectivity index (χ4v) is 4.35. The Morgan fingerprint density at radius 3 is 2.26 bits per heavy atom. The maximum absolute atomic E-state index is 13.4. The van der Waals surface area contributed by atoms with E-state index < -0.39 is 17.7 Å². The van der Waals surface area contributed by atoms with E-state index in [-0.39, 0.29) is 29.9 Å². The SMILES string of the molecule is CCOC(=O)c1c(C)[nH]c(C(=O)C(=O)N2[C@H](C)CCC[C@H]2C)c1-c1ccc(OC)cc1.